The number of imidazole rings is 1. The SMILES string of the molecule is Cc1ccc(N2CC(C(=O)N3CCCC3c3nc4ccccc4[nH]3)CC2=O)cc1. The highest BCUT2D eigenvalue weighted by molar-refractivity contribution is 6.00. The van der Waals surface area contributed by atoms with Crippen LogP contribution in [0.25, 0.3) is 11.0 Å². The van der Waals surface area contributed by atoms with Gasteiger partial charge in [0, 0.05) is 25.2 Å². The lowest BCUT2D eigenvalue weighted by Crippen LogP contribution is -2.37. The number of rotatable bonds is 3. The van der Waals surface area contributed by atoms with Crippen molar-refractivity contribution >= 4 is 28.5 Å². The number of anilines is 1. The molecular weight excluding hydrogens is 364 g/mol. The Hall–Kier alpha value is -3.15. The molecule has 2 aromatic carbocycles. The normalized spacial score (nSPS) is 22.0. The molecule has 29 heavy (non-hydrogen) atoms. The molecule has 1 aromatic heterocycles. The Balaban J connectivity index is 1.35. The number of amides is 2. The van der Waals surface area contributed by atoms with Gasteiger partial charge in [0.1, 0.15) is 5.82 Å². The maximum absolute atomic E-state index is 13.3. The summed E-state index contributed by atoms with van der Waals surface area (Å²) < 4.78 is 0. The van der Waals surface area contributed by atoms with Gasteiger partial charge in [0.05, 0.1) is 23.0 Å². The highest BCUT2D eigenvalue weighted by atomic mass is 16.2. The fourth-order valence-electron chi connectivity index (χ4n) is 4.53. The van der Waals surface area contributed by atoms with Gasteiger partial charge in [0.15, 0.2) is 0 Å². The second-order valence-electron chi connectivity index (χ2n) is 8.07. The zero-order valence-electron chi connectivity index (χ0n) is 16.5. The van der Waals surface area contributed by atoms with E-state index in [1.54, 1.807) is 4.90 Å². The molecule has 3 heterocycles. The minimum absolute atomic E-state index is 0.0201. The molecule has 2 saturated heterocycles. The van der Waals surface area contributed by atoms with Gasteiger partial charge in [-0.15, -0.1) is 0 Å². The lowest BCUT2D eigenvalue weighted by Gasteiger charge is -2.26. The molecule has 5 rings (SSSR count). The van der Waals surface area contributed by atoms with Gasteiger partial charge in [-0.05, 0) is 44.0 Å². The van der Waals surface area contributed by atoms with E-state index in [4.69, 9.17) is 4.98 Å². The Kier molecular flexibility index (Phi) is 4.34. The first-order valence-electron chi connectivity index (χ1n) is 10.2. The highest BCUT2D eigenvalue weighted by Gasteiger charge is 2.41. The third kappa shape index (κ3) is 3.18. The predicted molar refractivity (Wildman–Crippen MR) is 111 cm³/mol. The number of hydrogen-bond acceptors (Lipinski definition) is 3. The minimum Gasteiger partial charge on any atom is -0.340 e. The number of H-pyrrole nitrogens is 1. The molecule has 0 bridgehead atoms. The van der Waals surface area contributed by atoms with Gasteiger partial charge in [0.2, 0.25) is 11.8 Å². The van der Waals surface area contributed by atoms with Crippen LogP contribution in [0, 0.1) is 12.8 Å². The van der Waals surface area contributed by atoms with E-state index in [2.05, 4.69) is 4.98 Å². The average molecular weight is 388 g/mol. The quantitative estimate of drug-likeness (QED) is 0.745. The average Bonchev–Trinajstić information content (AvgIpc) is 3.45. The first kappa shape index (κ1) is 17.9. The van der Waals surface area contributed by atoms with E-state index >= 15 is 0 Å². The minimum atomic E-state index is -0.297. The number of carbonyl (C=O) groups is 2. The summed E-state index contributed by atoms with van der Waals surface area (Å²) in [6.07, 6.45) is 2.12. The summed E-state index contributed by atoms with van der Waals surface area (Å²) in [4.78, 5) is 37.7. The number of aromatic amines is 1. The van der Waals surface area contributed by atoms with Gasteiger partial charge in [-0.1, -0.05) is 29.8 Å². The Morgan fingerprint density at radius 3 is 2.72 bits per heavy atom. The van der Waals surface area contributed by atoms with Crippen molar-refractivity contribution in [2.45, 2.75) is 32.2 Å². The fourth-order valence-corrected chi connectivity index (χ4v) is 4.53. The monoisotopic (exact) mass is 388 g/mol. The first-order valence-corrected chi connectivity index (χ1v) is 10.2. The number of benzene rings is 2. The van der Waals surface area contributed by atoms with Crippen molar-refractivity contribution in [3.63, 3.8) is 0 Å². The van der Waals surface area contributed by atoms with Crippen LogP contribution < -0.4 is 4.90 Å². The molecule has 0 radical (unpaired) electrons. The standard InChI is InChI=1S/C23H24N4O2/c1-15-8-10-17(11-9-15)27-14-16(13-21(27)28)23(29)26-12-4-7-20(26)22-24-18-5-2-3-6-19(18)25-22/h2-3,5-6,8-11,16,20H,4,7,12-14H2,1H3,(H,24,25). The van der Waals surface area contributed by atoms with Crippen LogP contribution in [0.2, 0.25) is 0 Å². The number of nitrogens with zero attached hydrogens (tertiary/aromatic N) is 3. The smallest absolute Gasteiger partial charge is 0.228 e. The maximum Gasteiger partial charge on any atom is 0.228 e. The predicted octanol–water partition coefficient (Wildman–Crippen LogP) is 3.59. The first-order chi connectivity index (χ1) is 14.1. The van der Waals surface area contributed by atoms with Crippen LogP contribution in [0.3, 0.4) is 0 Å². The molecule has 2 aliphatic rings. The van der Waals surface area contributed by atoms with E-state index in [-0.39, 0.29) is 30.2 Å². The van der Waals surface area contributed by atoms with Crippen molar-refractivity contribution in [1.29, 1.82) is 0 Å². The van der Waals surface area contributed by atoms with E-state index in [1.165, 1.54) is 0 Å². The van der Waals surface area contributed by atoms with Crippen molar-refractivity contribution in [2.24, 2.45) is 5.92 Å². The molecule has 1 N–H and O–H groups in total. The van der Waals surface area contributed by atoms with Crippen LogP contribution in [0.4, 0.5) is 5.69 Å². The second kappa shape index (κ2) is 7.03. The van der Waals surface area contributed by atoms with Crippen LogP contribution in [-0.2, 0) is 9.59 Å². The molecule has 0 spiro atoms. The number of para-hydroxylation sites is 2. The Bertz CT molecular complexity index is 1040. The molecule has 2 aliphatic heterocycles. The van der Waals surface area contributed by atoms with Crippen molar-refractivity contribution in [3.8, 4) is 0 Å². The van der Waals surface area contributed by atoms with Gasteiger partial charge in [-0.3, -0.25) is 9.59 Å². The third-order valence-corrected chi connectivity index (χ3v) is 6.08. The number of carbonyl (C=O) groups excluding carboxylic acids is 2. The summed E-state index contributed by atoms with van der Waals surface area (Å²) >= 11 is 0. The van der Waals surface area contributed by atoms with E-state index in [9.17, 15) is 9.59 Å². The van der Waals surface area contributed by atoms with Gasteiger partial charge in [-0.2, -0.15) is 0 Å². The Morgan fingerprint density at radius 2 is 1.93 bits per heavy atom. The fraction of sp³-hybridized carbons (Fsp3) is 0.348. The number of aromatic nitrogens is 2. The topological polar surface area (TPSA) is 69.3 Å². The third-order valence-electron chi connectivity index (χ3n) is 6.08. The van der Waals surface area contributed by atoms with Crippen molar-refractivity contribution in [1.82, 2.24) is 14.9 Å². The van der Waals surface area contributed by atoms with Crippen molar-refractivity contribution in [3.05, 3.63) is 59.9 Å². The number of nitrogens with one attached hydrogen (secondary N) is 1. The second-order valence-corrected chi connectivity index (χ2v) is 8.07. The molecule has 0 saturated carbocycles. The van der Waals surface area contributed by atoms with Gasteiger partial charge in [0.25, 0.3) is 0 Å². The van der Waals surface area contributed by atoms with Crippen molar-refractivity contribution < 1.29 is 9.59 Å². The Morgan fingerprint density at radius 1 is 1.14 bits per heavy atom. The molecule has 6 nitrogen and oxygen atoms in total. The lowest BCUT2D eigenvalue weighted by molar-refractivity contribution is -0.136. The van der Waals surface area contributed by atoms with Gasteiger partial charge < -0.3 is 14.8 Å². The molecule has 3 aromatic rings. The molecule has 2 amide bonds. The molecule has 2 fully saturated rings. The van der Waals surface area contributed by atoms with Crippen LogP contribution in [0.5, 0.6) is 0 Å². The largest absolute Gasteiger partial charge is 0.340 e. The maximum atomic E-state index is 13.3. The zero-order valence-corrected chi connectivity index (χ0v) is 16.5. The van der Waals surface area contributed by atoms with Crippen LogP contribution in [-0.4, -0.2) is 39.8 Å². The van der Waals surface area contributed by atoms with E-state index in [0.29, 0.717) is 6.54 Å². The summed E-state index contributed by atoms with van der Waals surface area (Å²) in [5, 5.41) is 0. The van der Waals surface area contributed by atoms with Crippen molar-refractivity contribution in [2.75, 3.05) is 18.0 Å². The van der Waals surface area contributed by atoms with Gasteiger partial charge >= 0.3 is 0 Å². The summed E-state index contributed by atoms with van der Waals surface area (Å²) in [5.41, 5.74) is 3.93. The molecule has 6 heteroatoms. The highest BCUT2D eigenvalue weighted by Crippen LogP contribution is 2.35. The zero-order chi connectivity index (χ0) is 20.0. The molecule has 2 unspecified atom stereocenters. The summed E-state index contributed by atoms with van der Waals surface area (Å²) in [6.45, 7) is 3.19. The number of fused-ring (bicyclic) bond motifs is 1. The van der Waals surface area contributed by atoms with Crippen LogP contribution in [0.15, 0.2) is 48.5 Å². The number of aryl methyl sites for hydroxylation is 1. The van der Waals surface area contributed by atoms with Crippen LogP contribution >= 0.6 is 0 Å². The van der Waals surface area contributed by atoms with E-state index in [1.807, 2.05) is 60.4 Å². The van der Waals surface area contributed by atoms with Gasteiger partial charge in [-0.25, -0.2) is 4.98 Å². The summed E-state index contributed by atoms with van der Waals surface area (Å²) in [6, 6.07) is 15.8. The lowest BCUT2D eigenvalue weighted by atomic mass is 10.1. The number of hydrogen-bond donors (Lipinski definition) is 1. The molecular formula is C23H24N4O2. The Labute approximate surface area is 169 Å². The molecule has 2 atom stereocenters. The summed E-state index contributed by atoms with van der Waals surface area (Å²) in [7, 11) is 0. The molecule has 148 valence electrons. The molecule has 0 aliphatic carbocycles. The van der Waals surface area contributed by atoms with Crippen LogP contribution in [0.1, 0.15) is 36.7 Å². The van der Waals surface area contributed by atoms with E-state index < -0.39 is 0 Å². The summed E-state index contributed by atoms with van der Waals surface area (Å²) in [5.74, 6) is 0.633. The van der Waals surface area contributed by atoms with E-state index in [0.717, 1.165) is 47.5 Å². The number of likely N-dealkylation sites (tertiary alicyclic amines) is 1.